The fourth-order valence-corrected chi connectivity index (χ4v) is 3.08. The maximum atomic E-state index is 12.4. The van der Waals surface area contributed by atoms with Crippen LogP contribution in [0.4, 0.5) is 0 Å². The van der Waals surface area contributed by atoms with Crippen molar-refractivity contribution in [3.05, 3.63) is 35.9 Å². The van der Waals surface area contributed by atoms with Crippen molar-refractivity contribution in [2.45, 2.75) is 32.1 Å². The van der Waals surface area contributed by atoms with Crippen LogP contribution in [0.15, 0.2) is 35.4 Å². The number of thioether (sulfide) groups is 1. The number of carbonyl (C=O) groups is 2. The number of esters is 1. The summed E-state index contributed by atoms with van der Waals surface area (Å²) >= 11 is 1.23. The molecule has 1 heterocycles. The molecule has 2 rings (SSSR count). The Morgan fingerprint density at radius 3 is 2.45 bits per heavy atom. The van der Waals surface area contributed by atoms with E-state index < -0.39 is 16.3 Å². The van der Waals surface area contributed by atoms with E-state index in [1.165, 1.54) is 18.9 Å². The van der Waals surface area contributed by atoms with E-state index in [4.69, 9.17) is 4.74 Å². The topological polar surface area (TPSA) is 67.8 Å². The second-order valence-electron chi connectivity index (χ2n) is 6.17. The van der Waals surface area contributed by atoms with Gasteiger partial charge in [0.05, 0.1) is 13.5 Å². The molecule has 1 N–H and O–H groups in total. The van der Waals surface area contributed by atoms with Gasteiger partial charge in [0.2, 0.25) is 4.87 Å². The quantitative estimate of drug-likeness (QED) is 0.864. The third-order valence-electron chi connectivity index (χ3n) is 3.39. The summed E-state index contributed by atoms with van der Waals surface area (Å²) in [6.45, 7) is 5.50. The summed E-state index contributed by atoms with van der Waals surface area (Å²) in [4.78, 5) is 23.4. The molecule has 0 spiro atoms. The highest BCUT2D eigenvalue weighted by atomic mass is 32.2. The number of hydrazone groups is 1. The van der Waals surface area contributed by atoms with Crippen LogP contribution >= 0.6 is 11.8 Å². The summed E-state index contributed by atoms with van der Waals surface area (Å²) in [6.07, 6.45) is 0.0215. The van der Waals surface area contributed by atoms with Gasteiger partial charge in [0.15, 0.2) is 0 Å². The summed E-state index contributed by atoms with van der Waals surface area (Å²) in [5.74, 6) is -0.521. The van der Waals surface area contributed by atoms with Crippen molar-refractivity contribution in [2.24, 2.45) is 10.5 Å². The minimum Gasteiger partial charge on any atom is -0.467 e. The number of carbonyl (C=O) groups excluding carboxylic acids is 2. The van der Waals surface area contributed by atoms with Crippen LogP contribution in [-0.2, 0) is 14.3 Å². The van der Waals surface area contributed by atoms with Crippen LogP contribution in [0.3, 0.4) is 0 Å². The van der Waals surface area contributed by atoms with Crippen molar-refractivity contribution >= 4 is 28.6 Å². The third kappa shape index (κ3) is 3.32. The first kappa shape index (κ1) is 16.5. The molecule has 1 aliphatic heterocycles. The van der Waals surface area contributed by atoms with Gasteiger partial charge in [-0.25, -0.2) is 4.79 Å². The summed E-state index contributed by atoms with van der Waals surface area (Å²) in [5, 5.41) is 4.91. The van der Waals surface area contributed by atoms with E-state index in [2.05, 4.69) is 10.5 Å². The van der Waals surface area contributed by atoms with Crippen LogP contribution in [0.5, 0.6) is 0 Å². The lowest BCUT2D eigenvalue weighted by Crippen LogP contribution is -2.48. The number of ketones is 1. The van der Waals surface area contributed by atoms with Gasteiger partial charge in [-0.15, -0.1) is 0 Å². The van der Waals surface area contributed by atoms with Crippen molar-refractivity contribution in [1.29, 1.82) is 0 Å². The lowest BCUT2D eigenvalue weighted by molar-refractivity contribution is -0.146. The number of rotatable bonds is 4. The van der Waals surface area contributed by atoms with Crippen molar-refractivity contribution in [1.82, 2.24) is 5.43 Å². The Hall–Kier alpha value is -1.82. The lowest BCUT2D eigenvalue weighted by Gasteiger charge is -2.27. The predicted octanol–water partition coefficient (Wildman–Crippen LogP) is 2.56. The zero-order chi connectivity index (χ0) is 16.4. The zero-order valence-corrected chi connectivity index (χ0v) is 14.0. The van der Waals surface area contributed by atoms with Gasteiger partial charge >= 0.3 is 5.97 Å². The van der Waals surface area contributed by atoms with Gasteiger partial charge in [-0.3, -0.25) is 10.2 Å². The minimum absolute atomic E-state index is 0.0215. The molecule has 0 bridgehead atoms. The molecule has 0 saturated heterocycles. The molecule has 5 nitrogen and oxygen atoms in total. The third-order valence-corrected chi connectivity index (χ3v) is 4.66. The molecule has 1 unspecified atom stereocenters. The molecule has 0 fully saturated rings. The van der Waals surface area contributed by atoms with Crippen LogP contribution in [0, 0.1) is 5.41 Å². The van der Waals surface area contributed by atoms with Gasteiger partial charge in [-0.1, -0.05) is 62.9 Å². The highest BCUT2D eigenvalue weighted by Gasteiger charge is 2.48. The molecule has 0 saturated carbocycles. The Morgan fingerprint density at radius 2 is 1.91 bits per heavy atom. The first-order valence-corrected chi connectivity index (χ1v) is 7.81. The fraction of sp³-hybridized carbons (Fsp3) is 0.438. The van der Waals surface area contributed by atoms with E-state index in [0.29, 0.717) is 5.04 Å². The van der Waals surface area contributed by atoms with Crippen molar-refractivity contribution in [3.63, 3.8) is 0 Å². The Kier molecular flexibility index (Phi) is 4.60. The van der Waals surface area contributed by atoms with Gasteiger partial charge in [0.25, 0.3) is 0 Å². The largest absolute Gasteiger partial charge is 0.467 e. The second kappa shape index (κ2) is 6.12. The molecule has 1 atom stereocenters. The number of ether oxygens (including phenoxy) is 1. The molecule has 0 radical (unpaired) electrons. The lowest BCUT2D eigenvalue weighted by atomic mass is 9.87. The number of benzene rings is 1. The van der Waals surface area contributed by atoms with E-state index in [0.717, 1.165) is 5.56 Å². The van der Waals surface area contributed by atoms with E-state index in [1.807, 2.05) is 51.1 Å². The average Bonchev–Trinajstić information content (AvgIpc) is 2.92. The van der Waals surface area contributed by atoms with E-state index >= 15 is 0 Å². The highest BCUT2D eigenvalue weighted by molar-refractivity contribution is 8.16. The van der Waals surface area contributed by atoms with Crippen molar-refractivity contribution in [3.8, 4) is 0 Å². The number of Topliss-reactive ketones (excluding diaryl/α,β-unsaturated/α-hetero) is 1. The van der Waals surface area contributed by atoms with Crippen LogP contribution in [0.2, 0.25) is 0 Å². The predicted molar refractivity (Wildman–Crippen MR) is 87.5 cm³/mol. The Bertz CT molecular complexity index is 608. The highest BCUT2D eigenvalue weighted by Crippen LogP contribution is 2.38. The number of nitrogens with zero attached hydrogens (tertiary/aromatic N) is 1. The maximum absolute atomic E-state index is 12.4. The number of hydrogen-bond donors (Lipinski definition) is 1. The number of nitrogens with one attached hydrogen (secondary N) is 1. The van der Waals surface area contributed by atoms with Gasteiger partial charge in [0.1, 0.15) is 10.8 Å². The zero-order valence-electron chi connectivity index (χ0n) is 13.2. The fourth-order valence-electron chi connectivity index (χ4n) is 1.95. The molecule has 22 heavy (non-hydrogen) atoms. The van der Waals surface area contributed by atoms with Gasteiger partial charge in [-0.2, -0.15) is 5.10 Å². The molecule has 6 heteroatoms. The smallest absolute Gasteiger partial charge is 0.344 e. The summed E-state index contributed by atoms with van der Waals surface area (Å²) in [5.41, 5.74) is 3.20. The standard InChI is InChI=1S/C16H20N2O3S/c1-15(2,3)12(19)10-16(14(20)21-4)18-17-13(22-16)11-8-6-5-7-9-11/h5-9,18H,10H2,1-4H3. The van der Waals surface area contributed by atoms with Crippen LogP contribution in [0.1, 0.15) is 32.8 Å². The van der Waals surface area contributed by atoms with Crippen LogP contribution in [-0.4, -0.2) is 28.8 Å². The Morgan fingerprint density at radius 1 is 1.27 bits per heavy atom. The molecule has 1 aliphatic rings. The molecule has 0 amide bonds. The molecular weight excluding hydrogens is 300 g/mol. The average molecular weight is 320 g/mol. The Labute approximate surface area is 134 Å². The SMILES string of the molecule is COC(=O)C1(CC(=O)C(C)(C)C)NN=C(c2ccccc2)S1. The van der Waals surface area contributed by atoms with E-state index in [-0.39, 0.29) is 12.2 Å². The summed E-state index contributed by atoms with van der Waals surface area (Å²) in [7, 11) is 1.31. The second-order valence-corrected chi connectivity index (χ2v) is 7.45. The van der Waals surface area contributed by atoms with Gasteiger partial charge in [-0.05, 0) is 0 Å². The van der Waals surface area contributed by atoms with Crippen LogP contribution < -0.4 is 5.43 Å². The summed E-state index contributed by atoms with van der Waals surface area (Å²) in [6, 6.07) is 9.53. The Balaban J connectivity index is 2.24. The molecule has 0 aromatic heterocycles. The molecule has 0 aliphatic carbocycles. The monoisotopic (exact) mass is 320 g/mol. The first-order chi connectivity index (χ1) is 10.3. The van der Waals surface area contributed by atoms with Crippen molar-refractivity contribution < 1.29 is 14.3 Å². The molecule has 1 aromatic rings. The molecule has 1 aromatic carbocycles. The number of hydrogen-bond acceptors (Lipinski definition) is 6. The van der Waals surface area contributed by atoms with E-state index in [9.17, 15) is 9.59 Å². The van der Waals surface area contributed by atoms with E-state index in [1.54, 1.807) is 0 Å². The number of methoxy groups -OCH3 is 1. The van der Waals surface area contributed by atoms with Gasteiger partial charge in [0, 0.05) is 11.0 Å². The molecule has 118 valence electrons. The summed E-state index contributed by atoms with van der Waals surface area (Å²) < 4.78 is 4.89. The first-order valence-electron chi connectivity index (χ1n) is 6.99. The minimum atomic E-state index is -1.19. The molecular formula is C16H20N2O3S. The normalized spacial score (nSPS) is 21.0. The van der Waals surface area contributed by atoms with Crippen LogP contribution in [0.25, 0.3) is 0 Å². The van der Waals surface area contributed by atoms with Gasteiger partial charge < -0.3 is 4.74 Å². The maximum Gasteiger partial charge on any atom is 0.344 e. The van der Waals surface area contributed by atoms with Crippen molar-refractivity contribution in [2.75, 3.05) is 7.11 Å².